The Kier molecular flexibility index (Phi) is 6.07. The standard InChI is InChI=1S/C30H34N6O2.H2/c1-19-31-27-15-21(10-11-30(27,2)34-19)20-6-9-26-22(14-20)17-36(12-13-38-26)29-24-8-7-23(37-5)16-25(24)32-28(33-29)18-35(3)4;/h6-10,14-16H,11-13,17-18H2,1-5H3,(H,31,34);1H. The SMILES string of the molecule is COc1ccc2c(N3CCOc4ccc(C5=CCC6(C)N=C(C)NC6=C5)cc4C3)nc(CN(C)C)nc2c1.[HH]. The summed E-state index contributed by atoms with van der Waals surface area (Å²) < 4.78 is 11.7. The van der Waals surface area contributed by atoms with Gasteiger partial charge in [-0.1, -0.05) is 12.1 Å². The number of allylic oxidation sites excluding steroid dienone is 2. The first-order valence-electron chi connectivity index (χ1n) is 13.1. The first-order chi connectivity index (χ1) is 18.3. The average molecular weight is 513 g/mol. The van der Waals surface area contributed by atoms with Crippen molar-refractivity contribution in [3.8, 4) is 11.5 Å². The minimum absolute atomic E-state index is 0. The van der Waals surface area contributed by atoms with Crippen LogP contribution in [0.1, 0.15) is 38.6 Å². The number of nitrogens with zero attached hydrogens (tertiary/aromatic N) is 5. The highest BCUT2D eigenvalue weighted by atomic mass is 16.5. The molecule has 198 valence electrons. The van der Waals surface area contributed by atoms with Gasteiger partial charge in [-0.3, -0.25) is 4.99 Å². The zero-order chi connectivity index (χ0) is 26.4. The summed E-state index contributed by atoms with van der Waals surface area (Å²) in [6.45, 7) is 6.88. The van der Waals surface area contributed by atoms with Crippen LogP contribution in [0.5, 0.6) is 11.5 Å². The van der Waals surface area contributed by atoms with E-state index in [2.05, 4.69) is 58.5 Å². The molecule has 6 rings (SSSR count). The number of methoxy groups -OCH3 is 1. The molecule has 1 atom stereocenters. The van der Waals surface area contributed by atoms with Crippen LogP contribution in [0.2, 0.25) is 0 Å². The molecule has 0 amide bonds. The molecule has 0 bridgehead atoms. The van der Waals surface area contributed by atoms with E-state index in [1.165, 1.54) is 11.1 Å². The second kappa shape index (κ2) is 9.44. The highest BCUT2D eigenvalue weighted by Gasteiger charge is 2.35. The van der Waals surface area contributed by atoms with Crippen molar-refractivity contribution in [1.82, 2.24) is 20.2 Å². The Balaban J connectivity index is 0.00000308. The molecule has 8 heteroatoms. The van der Waals surface area contributed by atoms with Crippen molar-refractivity contribution >= 4 is 28.1 Å². The van der Waals surface area contributed by atoms with Gasteiger partial charge in [0.2, 0.25) is 0 Å². The Morgan fingerprint density at radius 3 is 2.87 bits per heavy atom. The fourth-order valence-corrected chi connectivity index (χ4v) is 5.48. The number of nitrogens with one attached hydrogen (secondary N) is 1. The van der Waals surface area contributed by atoms with Gasteiger partial charge in [-0.2, -0.15) is 0 Å². The zero-order valence-corrected chi connectivity index (χ0v) is 22.7. The third-order valence-electron chi connectivity index (χ3n) is 7.39. The number of rotatable bonds is 5. The van der Waals surface area contributed by atoms with E-state index in [0.717, 1.165) is 64.1 Å². The summed E-state index contributed by atoms with van der Waals surface area (Å²) in [5, 5.41) is 4.46. The highest BCUT2D eigenvalue weighted by molar-refractivity contribution is 5.91. The van der Waals surface area contributed by atoms with E-state index in [-0.39, 0.29) is 6.97 Å². The second-order valence-corrected chi connectivity index (χ2v) is 10.7. The van der Waals surface area contributed by atoms with Crippen LogP contribution in [0, 0.1) is 0 Å². The number of ether oxygens (including phenoxy) is 2. The summed E-state index contributed by atoms with van der Waals surface area (Å²) >= 11 is 0. The van der Waals surface area contributed by atoms with Gasteiger partial charge < -0.3 is 24.6 Å². The topological polar surface area (TPSA) is 75.1 Å². The highest BCUT2D eigenvalue weighted by Crippen LogP contribution is 2.38. The van der Waals surface area contributed by atoms with Gasteiger partial charge in [0.15, 0.2) is 0 Å². The lowest BCUT2D eigenvalue weighted by atomic mass is 9.86. The molecule has 1 N–H and O–H groups in total. The van der Waals surface area contributed by atoms with Crippen LogP contribution in [0.15, 0.2) is 59.2 Å². The molecule has 3 aliphatic rings. The van der Waals surface area contributed by atoms with Crippen LogP contribution in [0.4, 0.5) is 5.82 Å². The van der Waals surface area contributed by atoms with Gasteiger partial charge in [0.05, 0.1) is 31.6 Å². The third-order valence-corrected chi connectivity index (χ3v) is 7.39. The second-order valence-electron chi connectivity index (χ2n) is 10.7. The van der Waals surface area contributed by atoms with E-state index in [1.807, 2.05) is 33.2 Å². The maximum absolute atomic E-state index is 6.21. The monoisotopic (exact) mass is 512 g/mol. The first-order valence-corrected chi connectivity index (χ1v) is 13.1. The van der Waals surface area contributed by atoms with Crippen molar-refractivity contribution in [2.24, 2.45) is 4.99 Å². The number of anilines is 1. The summed E-state index contributed by atoms with van der Waals surface area (Å²) in [5.74, 6) is 4.40. The van der Waals surface area contributed by atoms with Crippen molar-refractivity contribution in [2.45, 2.75) is 38.9 Å². The molecule has 0 radical (unpaired) electrons. The van der Waals surface area contributed by atoms with Crippen LogP contribution in [-0.4, -0.2) is 60.6 Å². The van der Waals surface area contributed by atoms with Gasteiger partial charge in [0.25, 0.3) is 0 Å². The van der Waals surface area contributed by atoms with Gasteiger partial charge in [-0.05, 0) is 75.8 Å². The molecule has 8 nitrogen and oxygen atoms in total. The number of hydrogen-bond acceptors (Lipinski definition) is 8. The van der Waals surface area contributed by atoms with Crippen molar-refractivity contribution in [3.05, 3.63) is 71.2 Å². The number of amidine groups is 1. The molecule has 0 saturated carbocycles. The van der Waals surface area contributed by atoms with E-state index in [0.29, 0.717) is 19.7 Å². The smallest absolute Gasteiger partial charge is 0.145 e. The Morgan fingerprint density at radius 1 is 1.18 bits per heavy atom. The number of hydrogen-bond donors (Lipinski definition) is 1. The molecule has 38 heavy (non-hydrogen) atoms. The minimum Gasteiger partial charge on any atom is -0.497 e. The molecule has 3 aromatic rings. The fourth-order valence-electron chi connectivity index (χ4n) is 5.48. The maximum Gasteiger partial charge on any atom is 0.145 e. The molecule has 2 aromatic carbocycles. The van der Waals surface area contributed by atoms with Crippen molar-refractivity contribution in [2.75, 3.05) is 39.3 Å². The molecular formula is C30H36N6O2. The molecule has 1 unspecified atom stereocenters. The van der Waals surface area contributed by atoms with Crippen LogP contribution in [-0.2, 0) is 13.1 Å². The van der Waals surface area contributed by atoms with Gasteiger partial charge >= 0.3 is 0 Å². The number of benzene rings is 2. The largest absolute Gasteiger partial charge is 0.497 e. The Labute approximate surface area is 225 Å². The van der Waals surface area contributed by atoms with Crippen molar-refractivity contribution < 1.29 is 10.9 Å². The Hall–Kier alpha value is -3.91. The van der Waals surface area contributed by atoms with E-state index >= 15 is 0 Å². The Morgan fingerprint density at radius 2 is 2.05 bits per heavy atom. The van der Waals surface area contributed by atoms with Crippen LogP contribution in [0.25, 0.3) is 16.5 Å². The molecule has 3 heterocycles. The normalized spacial score (nSPS) is 20.6. The van der Waals surface area contributed by atoms with Crippen LogP contribution < -0.4 is 19.7 Å². The molecule has 1 aliphatic carbocycles. The fraction of sp³-hybridized carbons (Fsp3) is 0.367. The van der Waals surface area contributed by atoms with Crippen molar-refractivity contribution in [3.63, 3.8) is 0 Å². The lowest BCUT2D eigenvalue weighted by Crippen LogP contribution is -2.28. The predicted octanol–water partition coefficient (Wildman–Crippen LogP) is 4.80. The summed E-state index contributed by atoms with van der Waals surface area (Å²) in [6, 6.07) is 12.5. The minimum atomic E-state index is -0.180. The summed E-state index contributed by atoms with van der Waals surface area (Å²) in [4.78, 5) is 19.1. The molecule has 1 aromatic heterocycles. The summed E-state index contributed by atoms with van der Waals surface area (Å²) in [7, 11) is 5.74. The number of aromatic nitrogens is 2. The number of aliphatic imine (C=N–C) groups is 1. The lowest BCUT2D eigenvalue weighted by Gasteiger charge is -2.26. The van der Waals surface area contributed by atoms with E-state index in [4.69, 9.17) is 24.4 Å². The predicted molar refractivity (Wildman–Crippen MR) is 154 cm³/mol. The molecule has 2 aliphatic heterocycles. The van der Waals surface area contributed by atoms with Gasteiger partial charge in [-0.15, -0.1) is 0 Å². The van der Waals surface area contributed by atoms with Crippen molar-refractivity contribution in [1.29, 1.82) is 0 Å². The molecule has 0 saturated heterocycles. The maximum atomic E-state index is 6.21. The first kappa shape index (κ1) is 24.4. The lowest BCUT2D eigenvalue weighted by molar-refractivity contribution is 0.331. The van der Waals surface area contributed by atoms with E-state index < -0.39 is 0 Å². The molecule has 0 spiro atoms. The molecular weight excluding hydrogens is 476 g/mol. The van der Waals surface area contributed by atoms with Gasteiger partial charge in [0.1, 0.15) is 35.3 Å². The third kappa shape index (κ3) is 4.49. The van der Waals surface area contributed by atoms with Gasteiger partial charge in [0, 0.05) is 30.7 Å². The molecule has 0 fully saturated rings. The zero-order valence-electron chi connectivity index (χ0n) is 22.7. The van der Waals surface area contributed by atoms with Crippen LogP contribution >= 0.6 is 0 Å². The quantitative estimate of drug-likeness (QED) is 0.527. The van der Waals surface area contributed by atoms with E-state index in [9.17, 15) is 0 Å². The van der Waals surface area contributed by atoms with E-state index in [1.54, 1.807) is 7.11 Å². The number of fused-ring (bicyclic) bond motifs is 3. The van der Waals surface area contributed by atoms with Crippen LogP contribution in [0.3, 0.4) is 0 Å². The summed E-state index contributed by atoms with van der Waals surface area (Å²) in [6.07, 6.45) is 5.41. The van der Waals surface area contributed by atoms with Gasteiger partial charge in [-0.25, -0.2) is 9.97 Å². The average Bonchev–Trinajstić information content (AvgIpc) is 3.05. The Bertz CT molecular complexity index is 1510. The summed E-state index contributed by atoms with van der Waals surface area (Å²) in [5.41, 5.74) is 5.40.